The molecule has 1 aromatic heterocycles. The van der Waals surface area contributed by atoms with Crippen LogP contribution in [0.2, 0.25) is 0 Å². The highest BCUT2D eigenvalue weighted by atomic mass is 127. The Kier molecular flexibility index (Phi) is 8.36. The second-order valence-electron chi connectivity index (χ2n) is 4.93. The van der Waals surface area contributed by atoms with Gasteiger partial charge in [0, 0.05) is 38.9 Å². The number of anilines is 1. The first-order valence-electron chi connectivity index (χ1n) is 7.13. The third kappa shape index (κ3) is 5.22. The molecule has 2 heterocycles. The maximum absolute atomic E-state index is 13.7. The lowest BCUT2D eigenvalue weighted by atomic mass is 10.3. The average molecular weight is 425 g/mol. The van der Waals surface area contributed by atoms with E-state index in [0.29, 0.717) is 31.3 Å². The molecule has 0 aromatic carbocycles. The van der Waals surface area contributed by atoms with Crippen molar-refractivity contribution < 1.29 is 8.78 Å². The van der Waals surface area contributed by atoms with Gasteiger partial charge in [0.15, 0.2) is 17.6 Å². The highest BCUT2D eigenvalue weighted by Gasteiger charge is 2.25. The van der Waals surface area contributed by atoms with Crippen molar-refractivity contribution in [2.75, 3.05) is 38.3 Å². The molecule has 1 aromatic rings. The fourth-order valence-corrected chi connectivity index (χ4v) is 2.34. The first kappa shape index (κ1) is 18.9. The predicted molar refractivity (Wildman–Crippen MR) is 95.3 cm³/mol. The van der Waals surface area contributed by atoms with Crippen LogP contribution in [0.4, 0.5) is 14.6 Å². The van der Waals surface area contributed by atoms with Gasteiger partial charge in [-0.2, -0.15) is 0 Å². The SMILES string of the molecule is CN=C(NCCCF)NC1CCN(c2ncccc2F)C1.I. The molecule has 1 aliphatic heterocycles. The summed E-state index contributed by atoms with van der Waals surface area (Å²) in [6.07, 6.45) is 2.92. The summed E-state index contributed by atoms with van der Waals surface area (Å²) in [7, 11) is 1.68. The number of alkyl halides is 1. The summed E-state index contributed by atoms with van der Waals surface area (Å²) in [6.45, 7) is 1.60. The first-order valence-corrected chi connectivity index (χ1v) is 7.13. The molecular weight excluding hydrogens is 403 g/mol. The van der Waals surface area contributed by atoms with E-state index in [1.807, 2.05) is 4.90 Å². The standard InChI is InChI=1S/C14H21F2N5.HI/c1-17-14(19-8-3-6-15)20-11-5-9-21(10-11)13-12(16)4-2-7-18-13;/h2,4,7,11H,3,5-6,8-10H2,1H3,(H2,17,19,20);1H. The monoisotopic (exact) mass is 425 g/mol. The van der Waals surface area contributed by atoms with Crippen LogP contribution in [0.1, 0.15) is 12.8 Å². The van der Waals surface area contributed by atoms with Crippen LogP contribution in [0.15, 0.2) is 23.3 Å². The Morgan fingerprint density at radius 1 is 1.55 bits per heavy atom. The number of halogens is 3. The molecule has 1 fully saturated rings. The van der Waals surface area contributed by atoms with Gasteiger partial charge in [-0.05, 0) is 25.0 Å². The summed E-state index contributed by atoms with van der Waals surface area (Å²) in [5, 5.41) is 6.32. The molecule has 1 aliphatic rings. The van der Waals surface area contributed by atoms with Crippen LogP contribution >= 0.6 is 24.0 Å². The summed E-state index contributed by atoms with van der Waals surface area (Å²) in [4.78, 5) is 10.1. The topological polar surface area (TPSA) is 52.6 Å². The predicted octanol–water partition coefficient (Wildman–Crippen LogP) is 1.94. The van der Waals surface area contributed by atoms with Gasteiger partial charge in [-0.3, -0.25) is 9.38 Å². The van der Waals surface area contributed by atoms with E-state index in [0.717, 1.165) is 13.0 Å². The van der Waals surface area contributed by atoms with E-state index in [2.05, 4.69) is 20.6 Å². The van der Waals surface area contributed by atoms with Crippen molar-refractivity contribution in [1.29, 1.82) is 0 Å². The van der Waals surface area contributed by atoms with Gasteiger partial charge >= 0.3 is 0 Å². The van der Waals surface area contributed by atoms with E-state index in [-0.39, 0.29) is 42.5 Å². The Labute approximate surface area is 146 Å². The fourth-order valence-electron chi connectivity index (χ4n) is 2.34. The molecule has 0 bridgehead atoms. The smallest absolute Gasteiger partial charge is 0.191 e. The average Bonchev–Trinajstić information content (AvgIpc) is 2.95. The zero-order valence-corrected chi connectivity index (χ0v) is 14.9. The number of aromatic nitrogens is 1. The lowest BCUT2D eigenvalue weighted by Crippen LogP contribution is -2.45. The summed E-state index contributed by atoms with van der Waals surface area (Å²) >= 11 is 0. The number of nitrogens with zero attached hydrogens (tertiary/aromatic N) is 3. The van der Waals surface area contributed by atoms with E-state index >= 15 is 0 Å². The van der Waals surface area contributed by atoms with Crippen molar-refractivity contribution in [3.05, 3.63) is 24.1 Å². The molecule has 1 unspecified atom stereocenters. The zero-order valence-electron chi connectivity index (χ0n) is 12.6. The van der Waals surface area contributed by atoms with Crippen molar-refractivity contribution in [1.82, 2.24) is 15.6 Å². The molecule has 124 valence electrons. The first-order chi connectivity index (χ1) is 10.2. The zero-order chi connectivity index (χ0) is 15.1. The molecule has 0 saturated carbocycles. The molecule has 1 atom stereocenters. The van der Waals surface area contributed by atoms with Gasteiger partial charge in [-0.15, -0.1) is 24.0 Å². The van der Waals surface area contributed by atoms with Crippen molar-refractivity contribution in [3.63, 3.8) is 0 Å². The number of hydrogen-bond acceptors (Lipinski definition) is 3. The molecule has 2 N–H and O–H groups in total. The molecule has 0 amide bonds. The minimum atomic E-state index is -0.347. The minimum Gasteiger partial charge on any atom is -0.356 e. The van der Waals surface area contributed by atoms with Gasteiger partial charge in [0.2, 0.25) is 0 Å². The van der Waals surface area contributed by atoms with E-state index in [4.69, 9.17) is 0 Å². The van der Waals surface area contributed by atoms with Crippen molar-refractivity contribution in [2.24, 2.45) is 4.99 Å². The van der Waals surface area contributed by atoms with Crippen LogP contribution in [0.25, 0.3) is 0 Å². The molecule has 2 rings (SSSR count). The fraction of sp³-hybridized carbons (Fsp3) is 0.571. The van der Waals surface area contributed by atoms with E-state index < -0.39 is 0 Å². The molecule has 0 radical (unpaired) electrons. The molecule has 0 aliphatic carbocycles. The molecule has 0 spiro atoms. The Morgan fingerprint density at radius 2 is 2.36 bits per heavy atom. The van der Waals surface area contributed by atoms with Crippen LogP contribution in [0.5, 0.6) is 0 Å². The molecular formula is C14H22F2IN5. The van der Waals surface area contributed by atoms with Crippen molar-refractivity contribution in [3.8, 4) is 0 Å². The van der Waals surface area contributed by atoms with E-state index in [1.54, 1.807) is 19.3 Å². The molecule has 1 saturated heterocycles. The van der Waals surface area contributed by atoms with Crippen LogP contribution in [0, 0.1) is 5.82 Å². The van der Waals surface area contributed by atoms with E-state index in [9.17, 15) is 8.78 Å². The lowest BCUT2D eigenvalue weighted by Gasteiger charge is -2.19. The van der Waals surface area contributed by atoms with Gasteiger partial charge in [-0.1, -0.05) is 0 Å². The van der Waals surface area contributed by atoms with Gasteiger partial charge in [0.05, 0.1) is 6.67 Å². The number of aliphatic imine (C=N–C) groups is 1. The van der Waals surface area contributed by atoms with Crippen molar-refractivity contribution >= 4 is 35.8 Å². The summed E-state index contributed by atoms with van der Waals surface area (Å²) in [5.41, 5.74) is 0. The number of rotatable bonds is 5. The van der Waals surface area contributed by atoms with Gasteiger partial charge < -0.3 is 15.5 Å². The minimum absolute atomic E-state index is 0. The van der Waals surface area contributed by atoms with Gasteiger partial charge in [0.25, 0.3) is 0 Å². The largest absolute Gasteiger partial charge is 0.356 e. The number of guanidine groups is 1. The maximum atomic E-state index is 13.7. The molecule has 8 heteroatoms. The Balaban J connectivity index is 0.00000242. The van der Waals surface area contributed by atoms with Gasteiger partial charge in [0.1, 0.15) is 0 Å². The Hall–Kier alpha value is -1.19. The Bertz CT molecular complexity index is 486. The van der Waals surface area contributed by atoms with E-state index in [1.165, 1.54) is 6.07 Å². The second kappa shape index (κ2) is 9.75. The van der Waals surface area contributed by atoms with Crippen LogP contribution < -0.4 is 15.5 Å². The van der Waals surface area contributed by atoms with Crippen LogP contribution in [0.3, 0.4) is 0 Å². The summed E-state index contributed by atoms with van der Waals surface area (Å²) in [5.74, 6) is 0.738. The van der Waals surface area contributed by atoms with Crippen LogP contribution in [-0.2, 0) is 0 Å². The van der Waals surface area contributed by atoms with Crippen LogP contribution in [-0.4, -0.2) is 50.3 Å². The normalized spacial score (nSPS) is 18.0. The maximum Gasteiger partial charge on any atom is 0.191 e. The van der Waals surface area contributed by atoms with Gasteiger partial charge in [-0.25, -0.2) is 9.37 Å². The van der Waals surface area contributed by atoms with Crippen molar-refractivity contribution in [2.45, 2.75) is 18.9 Å². The summed E-state index contributed by atoms with van der Waals surface area (Å²) < 4.78 is 25.8. The quantitative estimate of drug-likeness (QED) is 0.328. The number of hydrogen-bond donors (Lipinski definition) is 2. The molecule has 5 nitrogen and oxygen atoms in total. The highest BCUT2D eigenvalue weighted by molar-refractivity contribution is 14.0. The second-order valence-corrected chi connectivity index (χ2v) is 4.93. The third-order valence-electron chi connectivity index (χ3n) is 3.39. The Morgan fingerprint density at radius 3 is 3.05 bits per heavy atom. The highest BCUT2D eigenvalue weighted by Crippen LogP contribution is 2.20. The number of pyridine rings is 1. The molecule has 22 heavy (non-hydrogen) atoms. The third-order valence-corrected chi connectivity index (χ3v) is 3.39. The lowest BCUT2D eigenvalue weighted by molar-refractivity contribution is 0.470. The number of nitrogens with one attached hydrogen (secondary N) is 2. The summed E-state index contributed by atoms with van der Waals surface area (Å²) in [6, 6.07) is 3.17.